The van der Waals surface area contributed by atoms with Crippen molar-refractivity contribution >= 4 is 17.7 Å². The minimum atomic E-state index is -0.136. The van der Waals surface area contributed by atoms with Crippen molar-refractivity contribution in [1.29, 1.82) is 0 Å². The second-order valence-electron chi connectivity index (χ2n) is 7.74. The number of nitrogens with zero attached hydrogens (tertiary/aromatic N) is 1. The van der Waals surface area contributed by atoms with Crippen molar-refractivity contribution < 1.29 is 13.9 Å². The van der Waals surface area contributed by atoms with Gasteiger partial charge >= 0.3 is 0 Å². The number of aryl methyl sites for hydroxylation is 2. The largest absolute Gasteiger partial charge is 0.497 e. The van der Waals surface area contributed by atoms with Crippen LogP contribution in [0.2, 0.25) is 0 Å². The number of oxazole rings is 1. The number of amides is 1. The molecule has 1 heterocycles. The first-order valence-electron chi connectivity index (χ1n) is 10.7. The molecule has 0 bridgehead atoms. The fourth-order valence-electron chi connectivity index (χ4n) is 3.30. The SMILES string of the molecule is COc1cccc(CNC(=O)c2ccc(-c3nc(CSc4ccc(C)cc4)c(C)o3)cc2)c1. The number of thioether (sulfide) groups is 1. The number of aromatic nitrogens is 1. The number of carbonyl (C=O) groups excluding carboxylic acids is 1. The van der Waals surface area contributed by atoms with E-state index in [2.05, 4.69) is 41.5 Å². The van der Waals surface area contributed by atoms with Gasteiger partial charge in [-0.1, -0.05) is 29.8 Å². The van der Waals surface area contributed by atoms with Gasteiger partial charge in [0.1, 0.15) is 11.5 Å². The van der Waals surface area contributed by atoms with E-state index in [0.717, 1.165) is 34.1 Å². The molecule has 6 heteroatoms. The van der Waals surface area contributed by atoms with E-state index in [1.54, 1.807) is 31.0 Å². The zero-order chi connectivity index (χ0) is 23.2. The average molecular weight is 459 g/mol. The molecule has 0 atom stereocenters. The van der Waals surface area contributed by atoms with Crippen LogP contribution in [0.1, 0.15) is 32.9 Å². The fraction of sp³-hybridized carbons (Fsp3) is 0.185. The third kappa shape index (κ3) is 5.84. The summed E-state index contributed by atoms with van der Waals surface area (Å²) in [5.41, 5.74) is 4.58. The number of hydrogen-bond donors (Lipinski definition) is 1. The van der Waals surface area contributed by atoms with Crippen LogP contribution in [0.15, 0.2) is 82.1 Å². The predicted octanol–water partition coefficient (Wildman–Crippen LogP) is 6.19. The molecule has 4 rings (SSSR count). The van der Waals surface area contributed by atoms with E-state index in [4.69, 9.17) is 9.15 Å². The molecule has 0 aliphatic heterocycles. The Bertz CT molecular complexity index is 1230. The maximum Gasteiger partial charge on any atom is 0.251 e. The second-order valence-corrected chi connectivity index (χ2v) is 8.78. The summed E-state index contributed by atoms with van der Waals surface area (Å²) in [5.74, 6) is 2.75. The van der Waals surface area contributed by atoms with Gasteiger partial charge < -0.3 is 14.5 Å². The Labute approximate surface area is 198 Å². The van der Waals surface area contributed by atoms with Gasteiger partial charge in [0.15, 0.2) is 0 Å². The number of carbonyl (C=O) groups is 1. The molecule has 0 saturated heterocycles. The van der Waals surface area contributed by atoms with E-state index >= 15 is 0 Å². The lowest BCUT2D eigenvalue weighted by Crippen LogP contribution is -2.22. The van der Waals surface area contributed by atoms with Crippen LogP contribution in [-0.2, 0) is 12.3 Å². The van der Waals surface area contributed by atoms with E-state index in [1.807, 2.05) is 43.3 Å². The van der Waals surface area contributed by atoms with Crippen molar-refractivity contribution in [3.05, 3.63) is 101 Å². The van der Waals surface area contributed by atoms with Gasteiger partial charge in [0.2, 0.25) is 5.89 Å². The van der Waals surface area contributed by atoms with Gasteiger partial charge in [-0.05, 0) is 67.9 Å². The molecule has 0 fully saturated rings. The van der Waals surface area contributed by atoms with Crippen LogP contribution < -0.4 is 10.1 Å². The van der Waals surface area contributed by atoms with Crippen molar-refractivity contribution in [3.8, 4) is 17.2 Å². The summed E-state index contributed by atoms with van der Waals surface area (Å²) in [6.07, 6.45) is 0. The molecule has 0 radical (unpaired) electrons. The van der Waals surface area contributed by atoms with Crippen LogP contribution in [0.4, 0.5) is 0 Å². The Morgan fingerprint density at radius 2 is 1.79 bits per heavy atom. The number of methoxy groups -OCH3 is 1. The molecule has 168 valence electrons. The first-order chi connectivity index (χ1) is 16.0. The second kappa shape index (κ2) is 10.4. The van der Waals surface area contributed by atoms with Crippen molar-refractivity contribution in [1.82, 2.24) is 10.3 Å². The highest BCUT2D eigenvalue weighted by Crippen LogP contribution is 2.28. The number of benzene rings is 3. The monoisotopic (exact) mass is 458 g/mol. The summed E-state index contributed by atoms with van der Waals surface area (Å²) < 4.78 is 11.1. The first kappa shape index (κ1) is 22.7. The normalized spacial score (nSPS) is 10.8. The van der Waals surface area contributed by atoms with Crippen molar-refractivity contribution in [3.63, 3.8) is 0 Å². The van der Waals surface area contributed by atoms with E-state index < -0.39 is 0 Å². The van der Waals surface area contributed by atoms with E-state index in [-0.39, 0.29) is 5.91 Å². The predicted molar refractivity (Wildman–Crippen MR) is 132 cm³/mol. The molecule has 3 aromatic carbocycles. The number of rotatable bonds is 8. The lowest BCUT2D eigenvalue weighted by molar-refractivity contribution is 0.0951. The number of nitrogens with one attached hydrogen (secondary N) is 1. The zero-order valence-electron chi connectivity index (χ0n) is 18.9. The highest BCUT2D eigenvalue weighted by atomic mass is 32.2. The molecule has 0 saturated carbocycles. The van der Waals surface area contributed by atoms with E-state index in [0.29, 0.717) is 18.0 Å². The Morgan fingerprint density at radius 3 is 2.52 bits per heavy atom. The highest BCUT2D eigenvalue weighted by molar-refractivity contribution is 7.98. The van der Waals surface area contributed by atoms with E-state index in [1.165, 1.54) is 10.5 Å². The summed E-state index contributed by atoms with van der Waals surface area (Å²) in [4.78, 5) is 18.4. The van der Waals surface area contributed by atoms with Crippen LogP contribution >= 0.6 is 11.8 Å². The van der Waals surface area contributed by atoms with Gasteiger partial charge in [0.05, 0.1) is 12.8 Å². The molecule has 0 unspecified atom stereocenters. The molecule has 0 aliphatic rings. The Morgan fingerprint density at radius 1 is 1.03 bits per heavy atom. The van der Waals surface area contributed by atoms with Gasteiger partial charge in [-0.25, -0.2) is 4.98 Å². The maximum atomic E-state index is 12.5. The topological polar surface area (TPSA) is 64.4 Å². The van der Waals surface area contributed by atoms with Crippen LogP contribution in [-0.4, -0.2) is 18.0 Å². The van der Waals surface area contributed by atoms with Crippen LogP contribution in [0.3, 0.4) is 0 Å². The van der Waals surface area contributed by atoms with Gasteiger partial charge in [0, 0.05) is 28.3 Å². The smallest absolute Gasteiger partial charge is 0.251 e. The molecule has 1 N–H and O–H groups in total. The molecule has 1 amide bonds. The molecule has 1 aromatic heterocycles. The molecule has 0 aliphatic carbocycles. The average Bonchev–Trinajstić information content (AvgIpc) is 3.22. The van der Waals surface area contributed by atoms with Crippen LogP contribution in [0, 0.1) is 13.8 Å². The summed E-state index contributed by atoms with van der Waals surface area (Å²) >= 11 is 1.73. The first-order valence-corrected chi connectivity index (χ1v) is 11.7. The van der Waals surface area contributed by atoms with Gasteiger partial charge in [-0.2, -0.15) is 0 Å². The fourth-order valence-corrected chi connectivity index (χ4v) is 4.20. The molecule has 33 heavy (non-hydrogen) atoms. The quantitative estimate of drug-likeness (QED) is 0.319. The summed E-state index contributed by atoms with van der Waals surface area (Å²) in [5, 5.41) is 2.94. The molecule has 4 aromatic rings. The number of hydrogen-bond acceptors (Lipinski definition) is 5. The molecule has 5 nitrogen and oxygen atoms in total. The lowest BCUT2D eigenvalue weighted by Gasteiger charge is -2.07. The van der Waals surface area contributed by atoms with Crippen LogP contribution in [0.25, 0.3) is 11.5 Å². The van der Waals surface area contributed by atoms with Crippen molar-refractivity contribution in [2.45, 2.75) is 31.0 Å². The zero-order valence-corrected chi connectivity index (χ0v) is 19.7. The van der Waals surface area contributed by atoms with Crippen LogP contribution in [0.5, 0.6) is 5.75 Å². The highest BCUT2D eigenvalue weighted by Gasteiger charge is 2.13. The minimum absolute atomic E-state index is 0.136. The van der Waals surface area contributed by atoms with Gasteiger partial charge in [-0.3, -0.25) is 4.79 Å². The standard InChI is InChI=1S/C27H26N2O3S/c1-18-7-13-24(14-8-18)33-17-25-19(2)32-27(29-25)22-11-9-21(10-12-22)26(30)28-16-20-5-4-6-23(15-20)31-3/h4-15H,16-17H2,1-3H3,(H,28,30). The minimum Gasteiger partial charge on any atom is -0.497 e. The Kier molecular flexibility index (Phi) is 7.15. The van der Waals surface area contributed by atoms with E-state index in [9.17, 15) is 4.79 Å². The Balaban J connectivity index is 1.37. The lowest BCUT2D eigenvalue weighted by atomic mass is 10.1. The third-order valence-corrected chi connectivity index (χ3v) is 6.29. The molecule has 0 spiro atoms. The third-order valence-electron chi connectivity index (χ3n) is 5.27. The van der Waals surface area contributed by atoms with Gasteiger partial charge in [0.25, 0.3) is 5.91 Å². The number of ether oxygens (including phenoxy) is 1. The maximum absolute atomic E-state index is 12.5. The van der Waals surface area contributed by atoms with Crippen molar-refractivity contribution in [2.24, 2.45) is 0 Å². The summed E-state index contributed by atoms with van der Waals surface area (Å²) in [6, 6.07) is 23.4. The Hall–Kier alpha value is -3.51. The van der Waals surface area contributed by atoms with Crippen molar-refractivity contribution in [2.75, 3.05) is 7.11 Å². The van der Waals surface area contributed by atoms with Gasteiger partial charge in [-0.15, -0.1) is 11.8 Å². The summed E-state index contributed by atoms with van der Waals surface area (Å²) in [6.45, 7) is 4.44. The molecular formula is C27H26N2O3S. The molecular weight excluding hydrogens is 432 g/mol. The summed E-state index contributed by atoms with van der Waals surface area (Å²) in [7, 11) is 1.63.